The quantitative estimate of drug-likeness (QED) is 0.421. The average Bonchev–Trinajstić information content (AvgIpc) is 1.99. The van der Waals surface area contributed by atoms with Gasteiger partial charge in [0.1, 0.15) is 0 Å². The first-order valence-corrected chi connectivity index (χ1v) is 5.61. The van der Waals surface area contributed by atoms with Crippen LogP contribution >= 0.6 is 47.8 Å². The number of nitro groups is 1. The van der Waals surface area contributed by atoms with Crippen molar-refractivity contribution in [1.82, 2.24) is 0 Å². The molecular weight excluding hydrogens is 370 g/mol. The van der Waals surface area contributed by atoms with Crippen LogP contribution in [0.1, 0.15) is 5.56 Å². The summed E-state index contributed by atoms with van der Waals surface area (Å²) in [5.74, 6) is 0. The molecule has 0 radical (unpaired) electrons. The summed E-state index contributed by atoms with van der Waals surface area (Å²) in [6, 6.07) is 1.65. The van der Waals surface area contributed by atoms with Crippen LogP contribution in [0.3, 0.4) is 0 Å². The average molecular weight is 374 g/mol. The van der Waals surface area contributed by atoms with Crippen molar-refractivity contribution in [3.63, 3.8) is 0 Å². The molecule has 1 aromatic carbocycles. The Kier molecular flexibility index (Phi) is 3.48. The van der Waals surface area contributed by atoms with Gasteiger partial charge in [0.2, 0.25) is 0 Å². The van der Waals surface area contributed by atoms with E-state index in [1.54, 1.807) is 13.0 Å². The Morgan fingerprint density at radius 3 is 2.31 bits per heavy atom. The molecule has 13 heavy (non-hydrogen) atoms. The minimum absolute atomic E-state index is 0.0927. The summed E-state index contributed by atoms with van der Waals surface area (Å²) < 4.78 is 1.98. The van der Waals surface area contributed by atoms with Crippen LogP contribution in [0, 0.1) is 17.0 Å². The summed E-state index contributed by atoms with van der Waals surface area (Å²) in [6.07, 6.45) is 0. The number of nitrogens with zero attached hydrogens (tertiary/aromatic N) is 1. The van der Waals surface area contributed by atoms with Crippen LogP contribution in [0.4, 0.5) is 5.69 Å². The second-order valence-electron chi connectivity index (χ2n) is 2.38. The molecule has 0 saturated carbocycles. The molecule has 0 unspecified atom stereocenters. The Balaban J connectivity index is 3.53. The lowest BCUT2D eigenvalue weighted by Crippen LogP contribution is -1.94. The van der Waals surface area contributed by atoms with Gasteiger partial charge in [0.05, 0.1) is 9.40 Å². The minimum Gasteiger partial charge on any atom is -0.258 e. The van der Waals surface area contributed by atoms with Crippen molar-refractivity contribution in [1.29, 1.82) is 0 Å². The van der Waals surface area contributed by atoms with Gasteiger partial charge in [-0.15, -0.1) is 0 Å². The van der Waals surface area contributed by atoms with Crippen molar-refractivity contribution in [3.05, 3.63) is 35.2 Å². The SMILES string of the molecule is Cc1c(Br)c(Br)cc(Br)c1[N+](=O)[O-]. The van der Waals surface area contributed by atoms with E-state index in [1.807, 2.05) is 0 Å². The molecule has 0 aliphatic rings. The maximum Gasteiger partial charge on any atom is 0.287 e. The second-order valence-corrected chi connectivity index (χ2v) is 4.89. The number of rotatable bonds is 1. The summed E-state index contributed by atoms with van der Waals surface area (Å²) in [7, 11) is 0. The van der Waals surface area contributed by atoms with Gasteiger partial charge in [0, 0.05) is 14.5 Å². The van der Waals surface area contributed by atoms with Crippen molar-refractivity contribution in [2.24, 2.45) is 0 Å². The Morgan fingerprint density at radius 2 is 1.85 bits per heavy atom. The molecule has 6 heteroatoms. The van der Waals surface area contributed by atoms with Crippen molar-refractivity contribution < 1.29 is 4.92 Å². The fourth-order valence-corrected chi connectivity index (χ4v) is 2.74. The van der Waals surface area contributed by atoms with Crippen LogP contribution in [0.5, 0.6) is 0 Å². The first kappa shape index (κ1) is 11.1. The van der Waals surface area contributed by atoms with E-state index in [9.17, 15) is 10.1 Å². The van der Waals surface area contributed by atoms with Gasteiger partial charge in [-0.25, -0.2) is 0 Å². The van der Waals surface area contributed by atoms with Gasteiger partial charge < -0.3 is 0 Å². The van der Waals surface area contributed by atoms with Crippen molar-refractivity contribution in [2.45, 2.75) is 6.92 Å². The predicted octanol–water partition coefficient (Wildman–Crippen LogP) is 4.19. The third-order valence-corrected chi connectivity index (χ3v) is 4.34. The molecule has 0 fully saturated rings. The molecule has 0 N–H and O–H groups in total. The summed E-state index contributed by atoms with van der Waals surface area (Å²) in [4.78, 5) is 10.2. The molecule has 0 atom stereocenters. The van der Waals surface area contributed by atoms with Crippen LogP contribution in [0.25, 0.3) is 0 Å². The molecule has 70 valence electrons. The minimum atomic E-state index is -0.406. The maximum atomic E-state index is 10.6. The number of benzene rings is 1. The van der Waals surface area contributed by atoms with E-state index in [4.69, 9.17) is 0 Å². The predicted molar refractivity (Wildman–Crippen MR) is 60.9 cm³/mol. The molecule has 0 amide bonds. The zero-order valence-electron chi connectivity index (χ0n) is 6.47. The molecule has 0 aliphatic heterocycles. The highest BCUT2D eigenvalue weighted by Crippen LogP contribution is 2.38. The lowest BCUT2D eigenvalue weighted by molar-refractivity contribution is -0.386. The standard InChI is InChI=1S/C7H4Br3NO2/c1-3-6(10)4(8)2-5(9)7(3)11(12)13/h2H,1H3. The molecule has 1 rings (SSSR count). The van der Waals surface area contributed by atoms with Crippen molar-refractivity contribution >= 4 is 53.5 Å². The monoisotopic (exact) mass is 371 g/mol. The molecule has 3 nitrogen and oxygen atoms in total. The fourth-order valence-electron chi connectivity index (χ4n) is 0.929. The highest BCUT2D eigenvalue weighted by Gasteiger charge is 2.19. The zero-order chi connectivity index (χ0) is 10.2. The molecule has 0 spiro atoms. The number of nitro benzene ring substituents is 1. The van der Waals surface area contributed by atoms with Gasteiger partial charge in [-0.2, -0.15) is 0 Å². The van der Waals surface area contributed by atoms with Crippen LogP contribution in [-0.4, -0.2) is 4.92 Å². The summed E-state index contributed by atoms with van der Waals surface area (Å²) >= 11 is 9.68. The third-order valence-electron chi connectivity index (χ3n) is 1.56. The molecule has 0 bridgehead atoms. The fraction of sp³-hybridized carbons (Fsp3) is 0.143. The van der Waals surface area contributed by atoms with Crippen LogP contribution in [0.15, 0.2) is 19.5 Å². The number of hydrogen-bond acceptors (Lipinski definition) is 2. The molecule has 0 aromatic heterocycles. The number of hydrogen-bond donors (Lipinski definition) is 0. The van der Waals surface area contributed by atoms with E-state index in [2.05, 4.69) is 47.8 Å². The van der Waals surface area contributed by atoms with Gasteiger partial charge >= 0.3 is 0 Å². The maximum absolute atomic E-state index is 10.6. The van der Waals surface area contributed by atoms with Crippen molar-refractivity contribution in [3.8, 4) is 0 Å². The van der Waals surface area contributed by atoms with Gasteiger partial charge in [0.15, 0.2) is 0 Å². The van der Waals surface area contributed by atoms with Gasteiger partial charge in [-0.3, -0.25) is 10.1 Å². The highest BCUT2D eigenvalue weighted by molar-refractivity contribution is 9.13. The topological polar surface area (TPSA) is 43.1 Å². The first-order valence-electron chi connectivity index (χ1n) is 3.23. The molecular formula is C7H4Br3NO2. The van der Waals surface area contributed by atoms with E-state index < -0.39 is 4.92 Å². The molecule has 0 saturated heterocycles. The summed E-state index contributed by atoms with van der Waals surface area (Å²) in [5.41, 5.74) is 0.696. The largest absolute Gasteiger partial charge is 0.287 e. The normalized spacial score (nSPS) is 10.2. The van der Waals surface area contributed by atoms with E-state index in [0.29, 0.717) is 14.5 Å². The lowest BCUT2D eigenvalue weighted by Gasteiger charge is -2.04. The smallest absolute Gasteiger partial charge is 0.258 e. The van der Waals surface area contributed by atoms with Gasteiger partial charge in [-0.1, -0.05) is 0 Å². The summed E-state index contributed by atoms with van der Waals surface area (Å²) in [6.45, 7) is 1.69. The Hall–Kier alpha value is 0.0600. The van der Waals surface area contributed by atoms with E-state index in [0.717, 1.165) is 4.47 Å². The highest BCUT2D eigenvalue weighted by atomic mass is 79.9. The van der Waals surface area contributed by atoms with Crippen LogP contribution < -0.4 is 0 Å². The van der Waals surface area contributed by atoms with Crippen LogP contribution in [-0.2, 0) is 0 Å². The molecule has 0 heterocycles. The molecule has 1 aromatic rings. The first-order chi connectivity index (χ1) is 5.95. The molecule has 0 aliphatic carbocycles. The van der Waals surface area contributed by atoms with Crippen LogP contribution in [0.2, 0.25) is 0 Å². The third kappa shape index (κ3) is 2.11. The lowest BCUT2D eigenvalue weighted by atomic mass is 10.2. The zero-order valence-corrected chi connectivity index (χ0v) is 11.2. The Morgan fingerprint density at radius 1 is 1.31 bits per heavy atom. The van der Waals surface area contributed by atoms with Gasteiger partial charge in [-0.05, 0) is 60.8 Å². The van der Waals surface area contributed by atoms with E-state index in [-0.39, 0.29) is 5.69 Å². The Labute approximate surface area is 100 Å². The van der Waals surface area contributed by atoms with E-state index in [1.165, 1.54) is 0 Å². The summed E-state index contributed by atoms with van der Waals surface area (Å²) in [5, 5.41) is 10.6. The Bertz CT molecular complexity index is 378. The second kappa shape index (κ2) is 4.06. The van der Waals surface area contributed by atoms with E-state index >= 15 is 0 Å². The van der Waals surface area contributed by atoms with Gasteiger partial charge in [0.25, 0.3) is 5.69 Å². The van der Waals surface area contributed by atoms with Crippen molar-refractivity contribution in [2.75, 3.05) is 0 Å². The number of halogens is 3.